The molecule has 18 atom stereocenters. The van der Waals surface area contributed by atoms with Crippen LogP contribution in [0.5, 0.6) is 0 Å². The van der Waals surface area contributed by atoms with Crippen molar-refractivity contribution < 1.29 is 58.7 Å². The van der Waals surface area contributed by atoms with Gasteiger partial charge in [-0.1, -0.05) is 69.3 Å². The Morgan fingerprint density at radius 2 is 1.71 bits per heavy atom. The number of allylic oxidation sites excluding steroid dienone is 1. The van der Waals surface area contributed by atoms with Crippen LogP contribution >= 0.6 is 0 Å². The van der Waals surface area contributed by atoms with Gasteiger partial charge >= 0.3 is 5.97 Å². The van der Waals surface area contributed by atoms with Crippen LogP contribution in [-0.2, 0) is 52.6 Å². The number of ether oxygens (including phenoxy) is 6. The number of esters is 1. The number of oxime groups is 1. The summed E-state index contributed by atoms with van der Waals surface area (Å²) in [7, 11) is 3.50. The number of likely N-dealkylation sites (N-methyl/N-ethyl adjacent to an activating group) is 1. The van der Waals surface area contributed by atoms with Crippen molar-refractivity contribution in [1.29, 1.82) is 0 Å². The molecule has 4 N–H and O–H groups in total. The lowest BCUT2D eigenvalue weighted by molar-refractivity contribution is -0.384. The first kappa shape index (κ1) is 58.3. The van der Waals surface area contributed by atoms with E-state index in [0.29, 0.717) is 76.6 Å². The summed E-state index contributed by atoms with van der Waals surface area (Å²) in [5.41, 5.74) is -0.0587. The molecule has 19 heteroatoms. The fraction of sp³-hybridized carbons (Fsp3) is 0.778. The minimum absolute atomic E-state index is 0.0442. The molecule has 2 bridgehead atoms. The molecule has 4 heterocycles. The molecule has 1 aliphatic carbocycles. The van der Waals surface area contributed by atoms with Crippen LogP contribution in [0, 0.1) is 45.1 Å². The standard InChI is InChI=1S/C54H86N6O13/c1-14-43-54(11,64)41-20-15-31(2)21-24-52(9,28-32(3)45(56-65)34(41)5)49(35(6)47(36(7)50(63)71-43)72-44-29-53(10,68-13)48(62)37(8)70-44)73-51-46(61)42(27-33(4)69-51)58(12)25-23-39-30-59(57-55-39)26-22-38-16-18-40(19-17-38)60(66)67/h16-19,30,32-37,41-44,46-49,51,61-62,64-65H,2,14-15,20-29H2,1,3-13H3/b56-45+/t32-,33-,34-,35+,36-,37+,41-,42?,43-,44?,46-,47+,48+,49-,51+,52-,53-,54+/m1/s1. The number of aromatic nitrogens is 3. The number of benzene rings is 1. The fourth-order valence-electron chi connectivity index (χ4n) is 12.6. The van der Waals surface area contributed by atoms with E-state index in [9.17, 15) is 35.4 Å². The minimum Gasteiger partial charge on any atom is -0.459 e. The Hall–Kier alpha value is -3.92. The van der Waals surface area contributed by atoms with Gasteiger partial charge in [0.25, 0.3) is 5.69 Å². The summed E-state index contributed by atoms with van der Waals surface area (Å²) >= 11 is 0. The third-order valence-electron chi connectivity index (χ3n) is 17.2. The first-order valence-electron chi connectivity index (χ1n) is 26.5. The van der Waals surface area contributed by atoms with Crippen LogP contribution in [0.1, 0.15) is 132 Å². The lowest BCUT2D eigenvalue weighted by Crippen LogP contribution is -2.60. The molecule has 73 heavy (non-hydrogen) atoms. The molecule has 4 fully saturated rings. The highest BCUT2D eigenvalue weighted by atomic mass is 16.7. The number of aliphatic hydroxyl groups excluding tert-OH is 2. The maximum absolute atomic E-state index is 14.8. The highest BCUT2D eigenvalue weighted by Crippen LogP contribution is 2.49. The van der Waals surface area contributed by atoms with E-state index in [0.717, 1.165) is 16.8 Å². The Morgan fingerprint density at radius 3 is 2.36 bits per heavy atom. The highest BCUT2D eigenvalue weighted by Gasteiger charge is 2.54. The number of fused-ring (bicyclic) bond motifs is 5. The largest absolute Gasteiger partial charge is 0.459 e. The number of non-ortho nitro benzene ring substituents is 1. The predicted octanol–water partition coefficient (Wildman–Crippen LogP) is 7.04. The topological polar surface area (TPSA) is 243 Å². The van der Waals surface area contributed by atoms with Crippen LogP contribution in [0.3, 0.4) is 0 Å². The van der Waals surface area contributed by atoms with Crippen LogP contribution in [0.15, 0.2) is 47.8 Å². The Labute approximate surface area is 432 Å². The summed E-state index contributed by atoms with van der Waals surface area (Å²) in [6.45, 7) is 24.6. The zero-order valence-electron chi connectivity index (χ0n) is 45.4. The van der Waals surface area contributed by atoms with E-state index in [-0.39, 0.29) is 30.2 Å². The zero-order valence-corrected chi connectivity index (χ0v) is 45.4. The summed E-state index contributed by atoms with van der Waals surface area (Å²) in [5, 5.41) is 71.0. The van der Waals surface area contributed by atoms with E-state index in [1.165, 1.54) is 19.2 Å². The molecule has 2 aromatic rings. The van der Waals surface area contributed by atoms with Gasteiger partial charge in [-0.3, -0.25) is 19.6 Å². The average Bonchev–Trinajstić information content (AvgIpc) is 3.81. The number of nitro benzene ring substituents is 1. The smallest absolute Gasteiger partial charge is 0.311 e. The summed E-state index contributed by atoms with van der Waals surface area (Å²) in [4.78, 5) is 27.6. The number of methoxy groups -OCH3 is 1. The first-order valence-corrected chi connectivity index (χ1v) is 26.5. The number of aliphatic hydroxyl groups is 3. The molecule has 0 amide bonds. The van der Waals surface area contributed by atoms with E-state index in [1.807, 2.05) is 47.9 Å². The van der Waals surface area contributed by atoms with Gasteiger partial charge in [-0.15, -0.1) is 5.10 Å². The molecule has 2 unspecified atom stereocenters. The van der Waals surface area contributed by atoms with Crippen molar-refractivity contribution in [2.24, 2.45) is 40.2 Å². The molecule has 0 spiro atoms. The summed E-state index contributed by atoms with van der Waals surface area (Å²) in [5.74, 6) is -3.37. The molecule has 3 saturated heterocycles. The number of carbonyl (C=O) groups is 1. The molecule has 4 aliphatic rings. The number of hydrogen-bond acceptors (Lipinski definition) is 17. The summed E-state index contributed by atoms with van der Waals surface area (Å²) in [6, 6.07) is 6.09. The van der Waals surface area contributed by atoms with Crippen molar-refractivity contribution in [1.82, 2.24) is 19.9 Å². The normalized spacial score (nSPS) is 39.9. The van der Waals surface area contributed by atoms with Crippen molar-refractivity contribution in [3.8, 4) is 0 Å². The average molecular weight is 1030 g/mol. The molecule has 3 aliphatic heterocycles. The number of rotatable bonds is 14. The fourth-order valence-corrected chi connectivity index (χ4v) is 12.6. The van der Waals surface area contributed by atoms with E-state index in [1.54, 1.807) is 44.5 Å². The maximum atomic E-state index is 14.8. The van der Waals surface area contributed by atoms with Crippen molar-refractivity contribution in [2.45, 2.75) is 213 Å². The lowest BCUT2D eigenvalue weighted by atomic mass is 9.65. The van der Waals surface area contributed by atoms with Gasteiger partial charge in [0.15, 0.2) is 12.6 Å². The van der Waals surface area contributed by atoms with Gasteiger partial charge in [0.1, 0.15) is 23.9 Å². The summed E-state index contributed by atoms with van der Waals surface area (Å²) < 4.78 is 41.4. The van der Waals surface area contributed by atoms with E-state index in [2.05, 4.69) is 33.9 Å². The van der Waals surface area contributed by atoms with Gasteiger partial charge in [0.05, 0.1) is 52.3 Å². The van der Waals surface area contributed by atoms with E-state index in [4.69, 9.17) is 28.4 Å². The second-order valence-corrected chi connectivity index (χ2v) is 22.8. The molecule has 410 valence electrons. The van der Waals surface area contributed by atoms with Gasteiger partial charge < -0.3 is 53.8 Å². The van der Waals surface area contributed by atoms with Gasteiger partial charge in [0, 0.05) is 69.2 Å². The molecular formula is C54H86N6O13. The number of cyclic esters (lactones) is 1. The van der Waals surface area contributed by atoms with Crippen LogP contribution in [0.4, 0.5) is 5.69 Å². The van der Waals surface area contributed by atoms with Crippen LogP contribution < -0.4 is 0 Å². The quantitative estimate of drug-likeness (QED) is 0.0487. The third-order valence-corrected chi connectivity index (χ3v) is 17.2. The first-order chi connectivity index (χ1) is 34.4. The lowest BCUT2D eigenvalue weighted by Gasteiger charge is -2.51. The van der Waals surface area contributed by atoms with Gasteiger partial charge in [-0.2, -0.15) is 0 Å². The highest BCUT2D eigenvalue weighted by molar-refractivity contribution is 5.88. The summed E-state index contributed by atoms with van der Waals surface area (Å²) in [6.07, 6.45) is -0.988. The number of carbonyl (C=O) groups excluding carboxylic acids is 1. The molecule has 1 aromatic carbocycles. The number of aryl methyl sites for hydroxylation is 2. The van der Waals surface area contributed by atoms with Crippen molar-refractivity contribution in [3.05, 3.63) is 64.0 Å². The third kappa shape index (κ3) is 13.4. The monoisotopic (exact) mass is 1030 g/mol. The molecular weight excluding hydrogens is 941 g/mol. The number of nitro groups is 1. The predicted molar refractivity (Wildman–Crippen MR) is 273 cm³/mol. The van der Waals surface area contributed by atoms with Crippen molar-refractivity contribution >= 4 is 17.4 Å². The molecule has 0 radical (unpaired) electrons. The SMILES string of the molecule is C=C1CC[C@@H]2[C@@H](C)/C(=N/O)[C@H](C)C[C@@](C)(CC1)[C@H](O[C@@H]1O[C@H](C)CC(N(C)CCc3cn(CCc4ccc([N+](=O)[O-])cc4)nn3)[C@H]1O)[C@@H](C)[C@H](OC1C[C@@](C)(OC)[C@@H](O)[C@H](C)O1)[C@@H](C)C(=O)O[C@H](CC)[C@@]2(C)O. The second-order valence-electron chi connectivity index (χ2n) is 22.8. The van der Waals surface area contributed by atoms with Crippen molar-refractivity contribution in [3.63, 3.8) is 0 Å². The van der Waals surface area contributed by atoms with E-state index < -0.39 is 100 Å². The molecule has 19 nitrogen and oxygen atoms in total. The second kappa shape index (κ2) is 24.4. The van der Waals surface area contributed by atoms with E-state index >= 15 is 0 Å². The van der Waals surface area contributed by atoms with Crippen LogP contribution in [0.25, 0.3) is 0 Å². The molecule has 1 aromatic heterocycles. The Bertz CT molecular complexity index is 2190. The van der Waals surface area contributed by atoms with Crippen molar-refractivity contribution in [2.75, 3.05) is 20.7 Å². The Balaban J connectivity index is 1.34. The molecule has 1 saturated carbocycles. The Morgan fingerprint density at radius 1 is 1.01 bits per heavy atom. The van der Waals surface area contributed by atoms with Gasteiger partial charge in [-0.05, 0) is 116 Å². The molecule has 6 rings (SSSR count). The minimum atomic E-state index is -1.53. The Kier molecular flexibility index (Phi) is 19.5. The van der Waals surface area contributed by atoms with Gasteiger partial charge in [-0.25, -0.2) is 0 Å². The van der Waals surface area contributed by atoms with Gasteiger partial charge in [0.2, 0.25) is 0 Å². The number of nitrogens with zero attached hydrogens (tertiary/aromatic N) is 6. The number of hydrogen-bond donors (Lipinski definition) is 4. The van der Waals surface area contributed by atoms with Crippen LogP contribution in [0.2, 0.25) is 0 Å². The maximum Gasteiger partial charge on any atom is 0.311 e. The van der Waals surface area contributed by atoms with Crippen LogP contribution in [-0.4, -0.2) is 150 Å². The zero-order chi connectivity index (χ0) is 53.7.